The summed E-state index contributed by atoms with van der Waals surface area (Å²) in [5.41, 5.74) is 1.44. The third kappa shape index (κ3) is 2.01. The summed E-state index contributed by atoms with van der Waals surface area (Å²) in [6, 6.07) is 3.55. The summed E-state index contributed by atoms with van der Waals surface area (Å²) in [6.07, 6.45) is 11.1. The molecule has 1 aromatic rings. The van der Waals surface area contributed by atoms with Crippen LogP contribution in [0.3, 0.4) is 0 Å². The van der Waals surface area contributed by atoms with E-state index >= 15 is 0 Å². The zero-order valence-corrected chi connectivity index (χ0v) is 17.0. The molecule has 1 N–H and O–H groups in total. The number of aliphatic hydroxyl groups is 1. The van der Waals surface area contributed by atoms with Crippen molar-refractivity contribution in [1.82, 2.24) is 0 Å². The fraction of sp³-hybridized carbons (Fsp3) is 0.792. The average molecular weight is 385 g/mol. The van der Waals surface area contributed by atoms with Gasteiger partial charge in [0.1, 0.15) is 5.60 Å². The number of aliphatic hydroxyl groups excluding tert-OH is 1. The lowest BCUT2D eigenvalue weighted by molar-refractivity contribution is -0.139. The highest BCUT2D eigenvalue weighted by molar-refractivity contribution is 5.35. The molecule has 0 aromatic carbocycles. The van der Waals surface area contributed by atoms with Crippen LogP contribution in [-0.4, -0.2) is 22.9 Å². The standard InChI is InChI=1S/C24H32O4/c1-22-9-7-16(25)11-15(22)4-5-18-17(22)8-10-23(2)19(12-20-24(18,23)28-20)14-3-6-21(26)27-13-14/h3,6,13,15-20,25H,4-5,7-12H2,1-2H3/t15-,16+,17+,18-,19-,20-,22+,23+,24-/m1/s1. The highest BCUT2D eigenvalue weighted by atomic mass is 16.6. The molecule has 152 valence electrons. The number of hydrogen-bond acceptors (Lipinski definition) is 4. The molecule has 1 saturated heterocycles. The zero-order chi connectivity index (χ0) is 19.3. The molecule has 4 nitrogen and oxygen atoms in total. The van der Waals surface area contributed by atoms with Gasteiger partial charge in [0.25, 0.3) is 0 Å². The van der Waals surface area contributed by atoms with Gasteiger partial charge in [-0.2, -0.15) is 0 Å². The van der Waals surface area contributed by atoms with Gasteiger partial charge in [-0.25, -0.2) is 4.79 Å². The van der Waals surface area contributed by atoms with Crippen LogP contribution in [0.2, 0.25) is 0 Å². The minimum Gasteiger partial charge on any atom is -0.431 e. The lowest BCUT2D eigenvalue weighted by Gasteiger charge is -2.61. The van der Waals surface area contributed by atoms with Crippen LogP contribution in [-0.2, 0) is 4.74 Å². The Morgan fingerprint density at radius 1 is 1.04 bits per heavy atom. The molecule has 0 amide bonds. The molecule has 4 heteroatoms. The van der Waals surface area contributed by atoms with E-state index in [2.05, 4.69) is 13.8 Å². The van der Waals surface area contributed by atoms with E-state index < -0.39 is 0 Å². The van der Waals surface area contributed by atoms with Crippen molar-refractivity contribution in [2.75, 3.05) is 0 Å². The van der Waals surface area contributed by atoms with Crippen LogP contribution in [0.15, 0.2) is 27.6 Å². The second-order valence-electron chi connectivity index (χ2n) is 11.0. The van der Waals surface area contributed by atoms with Crippen molar-refractivity contribution in [3.8, 4) is 0 Å². The molecular formula is C24H32O4. The molecule has 1 aromatic heterocycles. The Morgan fingerprint density at radius 3 is 2.68 bits per heavy atom. The van der Waals surface area contributed by atoms with E-state index in [4.69, 9.17) is 9.15 Å². The maximum Gasteiger partial charge on any atom is 0.335 e. The first-order valence-corrected chi connectivity index (χ1v) is 11.3. The third-order valence-corrected chi connectivity index (χ3v) is 10.2. The van der Waals surface area contributed by atoms with Crippen molar-refractivity contribution < 1.29 is 14.3 Å². The maximum absolute atomic E-state index is 11.4. The second-order valence-corrected chi connectivity index (χ2v) is 11.0. The van der Waals surface area contributed by atoms with Crippen LogP contribution in [0.4, 0.5) is 0 Å². The lowest BCUT2D eigenvalue weighted by Crippen LogP contribution is -2.58. The Labute approximate surface area is 166 Å². The van der Waals surface area contributed by atoms with Gasteiger partial charge in [-0.15, -0.1) is 0 Å². The first kappa shape index (κ1) is 17.7. The molecule has 9 atom stereocenters. The molecule has 28 heavy (non-hydrogen) atoms. The Balaban J connectivity index is 1.36. The van der Waals surface area contributed by atoms with Crippen molar-refractivity contribution >= 4 is 0 Å². The largest absolute Gasteiger partial charge is 0.431 e. The molecule has 0 unspecified atom stereocenters. The van der Waals surface area contributed by atoms with Crippen molar-refractivity contribution in [3.05, 3.63) is 34.4 Å². The van der Waals surface area contributed by atoms with E-state index in [1.54, 1.807) is 12.3 Å². The molecule has 0 bridgehead atoms. The van der Waals surface area contributed by atoms with E-state index in [1.165, 1.54) is 37.7 Å². The van der Waals surface area contributed by atoms with Gasteiger partial charge in [0, 0.05) is 11.5 Å². The van der Waals surface area contributed by atoms with Gasteiger partial charge < -0.3 is 14.3 Å². The molecule has 1 aliphatic heterocycles. The summed E-state index contributed by atoms with van der Waals surface area (Å²) >= 11 is 0. The van der Waals surface area contributed by atoms with Crippen LogP contribution in [0, 0.1) is 28.6 Å². The Hall–Kier alpha value is -1.13. The summed E-state index contributed by atoms with van der Waals surface area (Å²) in [5.74, 6) is 2.48. The Bertz CT molecular complexity index is 842. The summed E-state index contributed by atoms with van der Waals surface area (Å²) in [4.78, 5) is 11.4. The normalized spacial score (nSPS) is 54.2. The fourth-order valence-electron chi connectivity index (χ4n) is 8.74. The quantitative estimate of drug-likeness (QED) is 0.735. The van der Waals surface area contributed by atoms with Crippen LogP contribution < -0.4 is 5.63 Å². The maximum atomic E-state index is 11.4. The van der Waals surface area contributed by atoms with Crippen LogP contribution in [0.25, 0.3) is 0 Å². The van der Waals surface area contributed by atoms with Crippen molar-refractivity contribution in [2.24, 2.45) is 28.6 Å². The van der Waals surface area contributed by atoms with Crippen LogP contribution >= 0.6 is 0 Å². The average Bonchev–Trinajstić information content (AvgIpc) is 3.33. The van der Waals surface area contributed by atoms with Gasteiger partial charge >= 0.3 is 5.63 Å². The summed E-state index contributed by atoms with van der Waals surface area (Å²) in [6.45, 7) is 4.97. The number of hydrogen-bond donors (Lipinski definition) is 1. The summed E-state index contributed by atoms with van der Waals surface area (Å²) in [7, 11) is 0. The van der Waals surface area contributed by atoms with E-state index in [0.29, 0.717) is 29.3 Å². The first-order valence-electron chi connectivity index (χ1n) is 11.3. The molecule has 2 heterocycles. The predicted octanol–water partition coefficient (Wildman–Crippen LogP) is 4.26. The zero-order valence-electron chi connectivity index (χ0n) is 17.0. The molecule has 1 spiro atoms. The van der Waals surface area contributed by atoms with E-state index in [1.807, 2.05) is 6.07 Å². The monoisotopic (exact) mass is 384 g/mol. The van der Waals surface area contributed by atoms with E-state index in [-0.39, 0.29) is 22.7 Å². The smallest absolute Gasteiger partial charge is 0.335 e. The van der Waals surface area contributed by atoms with Crippen molar-refractivity contribution in [1.29, 1.82) is 0 Å². The molecule has 4 aliphatic carbocycles. The van der Waals surface area contributed by atoms with Crippen molar-refractivity contribution in [3.63, 3.8) is 0 Å². The minimum absolute atomic E-state index is 0.0285. The van der Waals surface area contributed by atoms with Crippen LogP contribution in [0.5, 0.6) is 0 Å². The molecule has 5 aliphatic rings. The molecule has 4 saturated carbocycles. The van der Waals surface area contributed by atoms with E-state index in [9.17, 15) is 9.90 Å². The predicted molar refractivity (Wildman–Crippen MR) is 105 cm³/mol. The molecule has 0 radical (unpaired) electrons. The topological polar surface area (TPSA) is 63.0 Å². The van der Waals surface area contributed by atoms with Crippen LogP contribution in [0.1, 0.15) is 76.7 Å². The number of ether oxygens (including phenoxy) is 1. The van der Waals surface area contributed by atoms with Gasteiger partial charge in [0.15, 0.2) is 0 Å². The highest BCUT2D eigenvalue weighted by Crippen LogP contribution is 2.77. The minimum atomic E-state index is -0.266. The van der Waals surface area contributed by atoms with Gasteiger partial charge in [-0.05, 0) is 92.1 Å². The highest BCUT2D eigenvalue weighted by Gasteiger charge is 2.80. The fourth-order valence-corrected chi connectivity index (χ4v) is 8.74. The first-order chi connectivity index (χ1) is 13.4. The molecule has 5 fully saturated rings. The van der Waals surface area contributed by atoms with E-state index in [0.717, 1.165) is 25.2 Å². The summed E-state index contributed by atoms with van der Waals surface area (Å²) in [5, 5.41) is 10.2. The van der Waals surface area contributed by atoms with Gasteiger partial charge in [0.2, 0.25) is 0 Å². The van der Waals surface area contributed by atoms with Gasteiger partial charge in [0.05, 0.1) is 18.5 Å². The molecule has 6 rings (SSSR count). The van der Waals surface area contributed by atoms with Crippen molar-refractivity contribution in [2.45, 2.75) is 88.9 Å². The third-order valence-electron chi connectivity index (χ3n) is 10.2. The summed E-state index contributed by atoms with van der Waals surface area (Å²) < 4.78 is 11.8. The Kier molecular flexibility index (Phi) is 3.49. The number of fused-ring (bicyclic) bond motifs is 3. The SMILES string of the molecule is C[C@]12CC[C@H](O)C[C@H]1CC[C@@H]1[C@@H]2CC[C@@]2(C)[C@@H](c3ccc(=O)oc3)C[C@H]3O[C@]132. The van der Waals surface area contributed by atoms with Gasteiger partial charge in [-0.1, -0.05) is 13.8 Å². The lowest BCUT2D eigenvalue weighted by atomic mass is 9.44. The number of epoxide rings is 1. The van der Waals surface area contributed by atoms with Gasteiger partial charge in [-0.3, -0.25) is 0 Å². The number of rotatable bonds is 1. The molecular weight excluding hydrogens is 352 g/mol. The second kappa shape index (κ2) is 5.51. The Morgan fingerprint density at radius 2 is 1.89 bits per heavy atom.